The Labute approximate surface area is 149 Å². The Morgan fingerprint density at radius 2 is 1.31 bits per heavy atom. The van der Waals surface area contributed by atoms with Crippen molar-refractivity contribution in [3.63, 3.8) is 0 Å². The largest absolute Gasteiger partial charge is 0.416 e. The van der Waals surface area contributed by atoms with Gasteiger partial charge >= 0.3 is 12.4 Å². The lowest BCUT2D eigenvalue weighted by Gasteiger charge is -2.10. The first-order chi connectivity index (χ1) is 11.9. The minimum absolute atomic E-state index is 0.127. The van der Waals surface area contributed by atoms with E-state index in [2.05, 4.69) is 0 Å². The highest BCUT2D eigenvalue weighted by Gasteiger charge is 2.30. The molecule has 2 rings (SSSR count). The van der Waals surface area contributed by atoms with Crippen LogP contribution >= 0.6 is 0 Å². The molecule has 0 nitrogen and oxygen atoms in total. The summed E-state index contributed by atoms with van der Waals surface area (Å²) in [5.74, 6) is 0.127. The molecule has 144 valence electrons. The molecule has 26 heavy (non-hydrogen) atoms. The fraction of sp³-hybridized carbons (Fsp3) is 0.400. The van der Waals surface area contributed by atoms with Crippen molar-refractivity contribution in [1.29, 1.82) is 0 Å². The lowest BCUT2D eigenvalue weighted by atomic mass is 10.0. The first kappa shape index (κ1) is 22.1. The van der Waals surface area contributed by atoms with Crippen LogP contribution < -0.4 is 0 Å². The summed E-state index contributed by atoms with van der Waals surface area (Å²) in [6.07, 6.45) is -6.67. The Hall–Kier alpha value is -1.98. The summed E-state index contributed by atoms with van der Waals surface area (Å²) < 4.78 is 73.0. The topological polar surface area (TPSA) is 0 Å². The fourth-order valence-electron chi connectivity index (χ4n) is 2.22. The van der Waals surface area contributed by atoms with Gasteiger partial charge in [-0.25, -0.2) is 0 Å². The van der Waals surface area contributed by atoms with Gasteiger partial charge in [-0.15, -0.1) is 0 Å². The van der Waals surface area contributed by atoms with Crippen molar-refractivity contribution in [2.75, 3.05) is 0 Å². The Morgan fingerprint density at radius 3 is 1.73 bits per heavy atom. The van der Waals surface area contributed by atoms with E-state index in [0.29, 0.717) is 0 Å². The number of aryl methyl sites for hydroxylation is 1. The molecule has 0 aliphatic heterocycles. The van der Waals surface area contributed by atoms with Gasteiger partial charge in [-0.05, 0) is 41.7 Å². The van der Waals surface area contributed by atoms with Crippen molar-refractivity contribution in [2.24, 2.45) is 0 Å². The third-order valence-corrected chi connectivity index (χ3v) is 3.70. The molecule has 2 aromatic rings. The second-order valence-corrected chi connectivity index (χ2v) is 6.22. The van der Waals surface area contributed by atoms with Crippen molar-refractivity contribution >= 4 is 0 Å². The number of halogens is 6. The van der Waals surface area contributed by atoms with E-state index < -0.39 is 23.5 Å². The van der Waals surface area contributed by atoms with Crippen molar-refractivity contribution < 1.29 is 26.3 Å². The van der Waals surface area contributed by atoms with Crippen molar-refractivity contribution in [2.45, 2.75) is 51.9 Å². The standard InChI is InChI=1S/2C10H11F3/c1-7(2)8-4-3-5-9(6-8)10(11,12)13;1-2-3-8-4-6-9(7-5-8)10(11,12)13/h3-7H,1-2H3;4-7H,2-3H2,1H3. The number of hydrogen-bond donors (Lipinski definition) is 0. The summed E-state index contributed by atoms with van der Waals surface area (Å²) in [6.45, 7) is 5.74. The second-order valence-electron chi connectivity index (χ2n) is 6.22. The van der Waals surface area contributed by atoms with E-state index in [4.69, 9.17) is 0 Å². The summed E-state index contributed by atoms with van der Waals surface area (Å²) in [7, 11) is 0. The zero-order valence-electron chi connectivity index (χ0n) is 14.9. The molecule has 0 radical (unpaired) electrons. The van der Waals surface area contributed by atoms with Gasteiger partial charge in [0.2, 0.25) is 0 Å². The van der Waals surface area contributed by atoms with Crippen molar-refractivity contribution in [3.8, 4) is 0 Å². The second kappa shape index (κ2) is 9.10. The highest BCUT2D eigenvalue weighted by Crippen LogP contribution is 2.31. The van der Waals surface area contributed by atoms with Crippen molar-refractivity contribution in [1.82, 2.24) is 0 Å². The smallest absolute Gasteiger partial charge is 0.166 e. The lowest BCUT2D eigenvalue weighted by Crippen LogP contribution is -2.05. The van der Waals surface area contributed by atoms with E-state index >= 15 is 0 Å². The van der Waals surface area contributed by atoms with Crippen LogP contribution in [0, 0.1) is 0 Å². The van der Waals surface area contributed by atoms with Gasteiger partial charge in [0.15, 0.2) is 0 Å². The van der Waals surface area contributed by atoms with Crippen LogP contribution in [0.4, 0.5) is 26.3 Å². The number of hydrogen-bond acceptors (Lipinski definition) is 0. The van der Waals surface area contributed by atoms with Crippen LogP contribution in [0.3, 0.4) is 0 Å². The van der Waals surface area contributed by atoms with E-state index in [9.17, 15) is 26.3 Å². The SMILES string of the molecule is CC(C)c1cccc(C(F)(F)F)c1.CCCc1ccc(C(F)(F)F)cc1. The Morgan fingerprint density at radius 1 is 0.769 bits per heavy atom. The van der Waals surface area contributed by atoms with Crippen LogP contribution in [-0.4, -0.2) is 0 Å². The molecule has 0 heterocycles. The van der Waals surface area contributed by atoms with Gasteiger partial charge in [-0.3, -0.25) is 0 Å². The number of rotatable bonds is 3. The van der Waals surface area contributed by atoms with Gasteiger partial charge in [0.1, 0.15) is 0 Å². The summed E-state index contributed by atoms with van der Waals surface area (Å²) in [6, 6.07) is 10.8. The highest BCUT2D eigenvalue weighted by atomic mass is 19.4. The van der Waals surface area contributed by atoms with E-state index in [1.807, 2.05) is 20.8 Å². The zero-order chi connectivity index (χ0) is 20.0. The predicted molar refractivity (Wildman–Crippen MR) is 91.0 cm³/mol. The molecule has 0 atom stereocenters. The zero-order valence-corrected chi connectivity index (χ0v) is 14.9. The van der Waals surface area contributed by atoms with Crippen molar-refractivity contribution in [3.05, 3.63) is 70.8 Å². The van der Waals surface area contributed by atoms with Crippen LogP contribution in [0.5, 0.6) is 0 Å². The first-order valence-corrected chi connectivity index (χ1v) is 8.28. The molecule has 0 saturated carbocycles. The van der Waals surface area contributed by atoms with E-state index in [1.54, 1.807) is 6.07 Å². The molecular formula is C20H22F6. The van der Waals surface area contributed by atoms with E-state index in [1.165, 1.54) is 24.3 Å². The molecule has 0 aliphatic rings. The lowest BCUT2D eigenvalue weighted by molar-refractivity contribution is -0.138. The van der Waals surface area contributed by atoms with Gasteiger partial charge in [-0.1, -0.05) is 57.5 Å². The maximum atomic E-state index is 12.2. The van der Waals surface area contributed by atoms with Crippen LogP contribution in [0.2, 0.25) is 0 Å². The van der Waals surface area contributed by atoms with Gasteiger partial charge in [0.05, 0.1) is 11.1 Å². The Kier molecular flexibility index (Phi) is 7.72. The van der Waals surface area contributed by atoms with Gasteiger partial charge < -0.3 is 0 Å². The molecule has 0 N–H and O–H groups in total. The average molecular weight is 376 g/mol. The molecule has 0 saturated heterocycles. The molecule has 2 aromatic carbocycles. The third-order valence-electron chi connectivity index (χ3n) is 3.70. The van der Waals surface area contributed by atoms with Gasteiger partial charge in [0.25, 0.3) is 0 Å². The Bertz CT molecular complexity index is 666. The minimum atomic E-state index is -4.23. The van der Waals surface area contributed by atoms with Crippen LogP contribution in [-0.2, 0) is 18.8 Å². The highest BCUT2D eigenvalue weighted by molar-refractivity contribution is 5.27. The van der Waals surface area contributed by atoms with Crippen LogP contribution in [0.15, 0.2) is 48.5 Å². The normalized spacial score (nSPS) is 11.9. The predicted octanol–water partition coefficient (Wildman–Crippen LogP) is 7.49. The van der Waals surface area contributed by atoms with Gasteiger partial charge in [0, 0.05) is 0 Å². The van der Waals surface area contributed by atoms with E-state index in [-0.39, 0.29) is 5.92 Å². The maximum absolute atomic E-state index is 12.2. The molecule has 0 fully saturated rings. The molecule has 0 spiro atoms. The molecule has 0 bridgehead atoms. The third kappa shape index (κ3) is 7.10. The first-order valence-electron chi connectivity index (χ1n) is 8.28. The van der Waals surface area contributed by atoms with Crippen LogP contribution in [0.25, 0.3) is 0 Å². The summed E-state index contributed by atoms with van der Waals surface area (Å²) in [5, 5.41) is 0. The monoisotopic (exact) mass is 376 g/mol. The van der Waals surface area contributed by atoms with Gasteiger partial charge in [-0.2, -0.15) is 26.3 Å². The van der Waals surface area contributed by atoms with E-state index in [0.717, 1.165) is 42.2 Å². The molecule has 6 heteroatoms. The minimum Gasteiger partial charge on any atom is -0.166 e. The summed E-state index contributed by atoms with van der Waals surface area (Å²) >= 11 is 0. The maximum Gasteiger partial charge on any atom is 0.416 e. The molecule has 0 aromatic heterocycles. The fourth-order valence-corrected chi connectivity index (χ4v) is 2.22. The number of alkyl halides is 6. The quantitative estimate of drug-likeness (QED) is 0.487. The summed E-state index contributed by atoms with van der Waals surface area (Å²) in [5.41, 5.74) is 0.524. The average Bonchev–Trinajstić information content (AvgIpc) is 2.55. The summed E-state index contributed by atoms with van der Waals surface area (Å²) in [4.78, 5) is 0. The molecule has 0 aliphatic carbocycles. The van der Waals surface area contributed by atoms with Crippen LogP contribution in [0.1, 0.15) is 55.4 Å². The number of benzene rings is 2. The Balaban J connectivity index is 0.000000260. The molecule has 0 amide bonds. The molecule has 0 unspecified atom stereocenters. The molecular weight excluding hydrogens is 354 g/mol.